The lowest BCUT2D eigenvalue weighted by atomic mass is 10.2. The van der Waals surface area contributed by atoms with Crippen LogP contribution < -0.4 is 9.46 Å². The van der Waals surface area contributed by atoms with Gasteiger partial charge in [-0.3, -0.25) is 0 Å². The van der Waals surface area contributed by atoms with Crippen LogP contribution >= 0.6 is 0 Å². The second-order valence-corrected chi connectivity index (χ2v) is 5.59. The predicted octanol–water partition coefficient (Wildman–Crippen LogP) is 0.0525. The Hall–Kier alpha value is -1.64. The van der Waals surface area contributed by atoms with E-state index in [9.17, 15) is 13.2 Å². The highest BCUT2D eigenvalue weighted by molar-refractivity contribution is 7.89. The lowest BCUT2D eigenvalue weighted by Crippen LogP contribution is -2.35. The van der Waals surface area contributed by atoms with Crippen molar-refractivity contribution in [3.63, 3.8) is 0 Å². The minimum Gasteiger partial charge on any atom is -0.496 e. The summed E-state index contributed by atoms with van der Waals surface area (Å²) in [5.74, 6) is -1.22. The van der Waals surface area contributed by atoms with Gasteiger partial charge in [0.05, 0.1) is 18.6 Å². The van der Waals surface area contributed by atoms with E-state index >= 15 is 0 Å². The topological polar surface area (TPSA) is 113 Å². The second-order valence-electron chi connectivity index (χ2n) is 3.87. The molecule has 106 valence electrons. The van der Waals surface area contributed by atoms with Gasteiger partial charge in [0.15, 0.2) is 0 Å². The molecule has 1 atom stereocenters. The first-order valence-electron chi connectivity index (χ1n) is 5.36. The van der Waals surface area contributed by atoms with Gasteiger partial charge in [-0.05, 0) is 25.1 Å². The number of carboxylic acid groups (broad SMARTS) is 1. The molecule has 0 unspecified atom stereocenters. The zero-order valence-corrected chi connectivity index (χ0v) is 11.3. The Morgan fingerprint density at radius 1 is 1.47 bits per heavy atom. The molecule has 0 heterocycles. The highest BCUT2D eigenvalue weighted by Crippen LogP contribution is 2.22. The molecule has 0 spiro atoms. The molecule has 0 aliphatic heterocycles. The van der Waals surface area contributed by atoms with Gasteiger partial charge in [-0.2, -0.15) is 0 Å². The van der Waals surface area contributed by atoms with E-state index in [1.807, 2.05) is 0 Å². The molecule has 19 heavy (non-hydrogen) atoms. The van der Waals surface area contributed by atoms with Crippen LogP contribution in [0.15, 0.2) is 23.1 Å². The van der Waals surface area contributed by atoms with Crippen LogP contribution in [-0.2, 0) is 10.0 Å². The quantitative estimate of drug-likeness (QED) is 0.682. The van der Waals surface area contributed by atoms with Crippen LogP contribution in [0.3, 0.4) is 0 Å². The van der Waals surface area contributed by atoms with Gasteiger partial charge in [0.2, 0.25) is 10.0 Å². The van der Waals surface area contributed by atoms with Gasteiger partial charge >= 0.3 is 5.97 Å². The molecular formula is C11H15NO6S. The van der Waals surface area contributed by atoms with E-state index in [0.29, 0.717) is 0 Å². The number of methoxy groups -OCH3 is 1. The zero-order chi connectivity index (χ0) is 14.6. The fraction of sp³-hybridized carbons (Fsp3) is 0.364. The van der Waals surface area contributed by atoms with Gasteiger partial charge in [0, 0.05) is 6.04 Å². The Balaban J connectivity index is 3.22. The van der Waals surface area contributed by atoms with Crippen molar-refractivity contribution in [3.8, 4) is 5.75 Å². The average Bonchev–Trinajstić information content (AvgIpc) is 2.37. The summed E-state index contributed by atoms with van der Waals surface area (Å²) in [6.07, 6.45) is 0. The average molecular weight is 289 g/mol. The standard InChI is InChI=1S/C11H15NO6S/c1-7(6-13)12-19(16,17)8-3-4-10(18-2)9(5-8)11(14)15/h3-5,7,12-13H,6H2,1-2H3,(H,14,15)/t7-/m1/s1. The monoisotopic (exact) mass is 289 g/mol. The largest absolute Gasteiger partial charge is 0.496 e. The molecule has 1 rings (SSSR count). The number of nitrogens with one attached hydrogen (secondary N) is 1. The van der Waals surface area contributed by atoms with Gasteiger partial charge in [-0.1, -0.05) is 0 Å². The molecule has 7 nitrogen and oxygen atoms in total. The summed E-state index contributed by atoms with van der Waals surface area (Å²) < 4.78 is 30.9. The summed E-state index contributed by atoms with van der Waals surface area (Å²) in [7, 11) is -2.59. The highest BCUT2D eigenvalue weighted by Gasteiger charge is 2.20. The molecule has 1 aromatic carbocycles. The lowest BCUT2D eigenvalue weighted by molar-refractivity contribution is 0.0693. The number of benzene rings is 1. The normalized spacial score (nSPS) is 13.0. The molecule has 3 N–H and O–H groups in total. The van der Waals surface area contributed by atoms with Crippen molar-refractivity contribution in [2.75, 3.05) is 13.7 Å². The Morgan fingerprint density at radius 3 is 2.58 bits per heavy atom. The first-order valence-corrected chi connectivity index (χ1v) is 6.84. The smallest absolute Gasteiger partial charge is 0.339 e. The van der Waals surface area contributed by atoms with Crippen LogP contribution in [0.25, 0.3) is 0 Å². The van der Waals surface area contributed by atoms with Crippen molar-refractivity contribution in [3.05, 3.63) is 23.8 Å². The van der Waals surface area contributed by atoms with E-state index in [-0.39, 0.29) is 22.8 Å². The Morgan fingerprint density at radius 2 is 2.11 bits per heavy atom. The molecule has 8 heteroatoms. The zero-order valence-electron chi connectivity index (χ0n) is 10.5. The van der Waals surface area contributed by atoms with E-state index in [4.69, 9.17) is 14.9 Å². The summed E-state index contributed by atoms with van der Waals surface area (Å²) in [6, 6.07) is 2.84. The van der Waals surface area contributed by atoms with Crippen molar-refractivity contribution in [2.24, 2.45) is 0 Å². The van der Waals surface area contributed by atoms with Gasteiger partial charge in [0.25, 0.3) is 0 Å². The van der Waals surface area contributed by atoms with Gasteiger partial charge < -0.3 is 14.9 Å². The van der Waals surface area contributed by atoms with Crippen LogP contribution in [-0.4, -0.2) is 44.4 Å². The third kappa shape index (κ3) is 3.66. The van der Waals surface area contributed by atoms with Crippen LogP contribution in [0.1, 0.15) is 17.3 Å². The Kier molecular flexibility index (Phi) is 4.87. The molecule has 0 saturated heterocycles. The maximum absolute atomic E-state index is 11.9. The van der Waals surface area contributed by atoms with Crippen molar-refractivity contribution in [2.45, 2.75) is 17.9 Å². The van der Waals surface area contributed by atoms with Crippen LogP contribution in [0, 0.1) is 0 Å². The van der Waals surface area contributed by atoms with Crippen LogP contribution in [0.2, 0.25) is 0 Å². The molecule has 0 bridgehead atoms. The number of rotatable bonds is 6. The van der Waals surface area contributed by atoms with Crippen molar-refractivity contribution in [1.29, 1.82) is 0 Å². The summed E-state index contributed by atoms with van der Waals surface area (Å²) in [5.41, 5.74) is -0.248. The van der Waals surface area contributed by atoms with Gasteiger partial charge in [-0.15, -0.1) is 0 Å². The third-order valence-electron chi connectivity index (χ3n) is 2.34. The number of aromatic carboxylic acids is 1. The Labute approximate surface area is 110 Å². The van der Waals surface area contributed by atoms with E-state index in [1.165, 1.54) is 26.2 Å². The fourth-order valence-electron chi connectivity index (χ4n) is 1.39. The number of carbonyl (C=O) groups is 1. The summed E-state index contributed by atoms with van der Waals surface area (Å²) in [5, 5.41) is 17.8. The number of hydrogen-bond donors (Lipinski definition) is 3. The number of sulfonamides is 1. The lowest BCUT2D eigenvalue weighted by Gasteiger charge is -2.13. The fourth-order valence-corrected chi connectivity index (χ4v) is 2.65. The Bertz CT molecular complexity index is 569. The van der Waals surface area contributed by atoms with Crippen LogP contribution in [0.4, 0.5) is 0 Å². The highest BCUT2D eigenvalue weighted by atomic mass is 32.2. The summed E-state index contributed by atoms with van der Waals surface area (Å²) in [4.78, 5) is 10.8. The molecule has 1 aromatic rings. The molecule has 0 fully saturated rings. The molecule has 0 aliphatic carbocycles. The summed E-state index contributed by atoms with van der Waals surface area (Å²) in [6.45, 7) is 1.13. The minimum atomic E-state index is -3.88. The molecular weight excluding hydrogens is 274 g/mol. The minimum absolute atomic E-state index is 0.0710. The number of ether oxygens (including phenoxy) is 1. The molecule has 0 radical (unpaired) electrons. The summed E-state index contributed by atoms with van der Waals surface area (Å²) >= 11 is 0. The second kappa shape index (κ2) is 6.00. The first-order chi connectivity index (χ1) is 8.81. The molecule has 0 aliphatic rings. The maximum Gasteiger partial charge on any atom is 0.339 e. The van der Waals surface area contributed by atoms with Gasteiger partial charge in [0.1, 0.15) is 11.3 Å². The third-order valence-corrected chi connectivity index (χ3v) is 3.93. The molecule has 0 saturated carbocycles. The SMILES string of the molecule is COc1ccc(S(=O)(=O)N[C@H](C)CO)cc1C(=O)O. The maximum atomic E-state index is 11.9. The number of hydrogen-bond acceptors (Lipinski definition) is 5. The van der Waals surface area contributed by atoms with Crippen LogP contribution in [0.5, 0.6) is 5.75 Å². The van der Waals surface area contributed by atoms with E-state index in [0.717, 1.165) is 6.07 Å². The van der Waals surface area contributed by atoms with E-state index in [1.54, 1.807) is 0 Å². The molecule has 0 aromatic heterocycles. The predicted molar refractivity (Wildman–Crippen MR) is 66.8 cm³/mol. The van der Waals surface area contributed by atoms with Crippen molar-refractivity contribution in [1.82, 2.24) is 4.72 Å². The van der Waals surface area contributed by atoms with Gasteiger partial charge in [-0.25, -0.2) is 17.9 Å². The van der Waals surface area contributed by atoms with Crippen molar-refractivity contribution >= 4 is 16.0 Å². The number of aliphatic hydroxyl groups is 1. The first kappa shape index (κ1) is 15.4. The van der Waals surface area contributed by atoms with E-state index < -0.39 is 22.0 Å². The van der Waals surface area contributed by atoms with Crippen molar-refractivity contribution < 1.29 is 28.2 Å². The molecule has 0 amide bonds. The number of aliphatic hydroxyl groups excluding tert-OH is 1. The van der Waals surface area contributed by atoms with E-state index in [2.05, 4.69) is 4.72 Å². The number of carboxylic acids is 1.